The van der Waals surface area contributed by atoms with E-state index in [0.29, 0.717) is 5.56 Å². The van der Waals surface area contributed by atoms with E-state index in [1.807, 2.05) is 18.2 Å². The van der Waals surface area contributed by atoms with Crippen molar-refractivity contribution in [3.8, 4) is 0 Å². The molecule has 0 spiro atoms. The Kier molecular flexibility index (Phi) is 1.89. The molecule has 1 heterocycles. The van der Waals surface area contributed by atoms with Crippen molar-refractivity contribution in [3.05, 3.63) is 60.3 Å². The molecule has 2 rings (SSSR count). The Morgan fingerprint density at radius 3 is 2.46 bits per heavy atom. The average Bonchev–Trinajstić information content (AvgIpc) is 2.20. The molecule has 13 heavy (non-hydrogen) atoms. The second-order valence-corrected chi connectivity index (χ2v) is 2.94. The van der Waals surface area contributed by atoms with E-state index in [2.05, 4.69) is 5.32 Å². The fourth-order valence-electron chi connectivity index (χ4n) is 1.32. The highest BCUT2D eigenvalue weighted by Gasteiger charge is 2.27. The molecule has 0 aromatic heterocycles. The van der Waals surface area contributed by atoms with Gasteiger partial charge in [-0.05, 0) is 18.4 Å². The van der Waals surface area contributed by atoms with Gasteiger partial charge in [-0.25, -0.2) is 4.39 Å². The SMILES string of the molecule is FC1(c2ccccc2)C=CC=CN1. The van der Waals surface area contributed by atoms with Crippen LogP contribution >= 0.6 is 0 Å². The molecule has 1 aromatic carbocycles. The summed E-state index contributed by atoms with van der Waals surface area (Å²) in [5.41, 5.74) is 0.621. The molecule has 1 atom stereocenters. The second-order valence-electron chi connectivity index (χ2n) is 2.94. The van der Waals surface area contributed by atoms with Crippen LogP contribution in [-0.2, 0) is 5.79 Å². The minimum absolute atomic E-state index is 0.621. The lowest BCUT2D eigenvalue weighted by Gasteiger charge is -2.24. The molecular weight excluding hydrogens is 165 g/mol. The van der Waals surface area contributed by atoms with E-state index < -0.39 is 5.79 Å². The van der Waals surface area contributed by atoms with Crippen molar-refractivity contribution >= 4 is 0 Å². The molecule has 1 N–H and O–H groups in total. The van der Waals surface area contributed by atoms with Gasteiger partial charge in [-0.2, -0.15) is 0 Å². The molecule has 0 fully saturated rings. The van der Waals surface area contributed by atoms with Crippen LogP contribution in [0, 0.1) is 0 Å². The van der Waals surface area contributed by atoms with Crippen molar-refractivity contribution in [3.63, 3.8) is 0 Å². The van der Waals surface area contributed by atoms with Crippen molar-refractivity contribution in [2.45, 2.75) is 5.79 Å². The number of hydrogen-bond acceptors (Lipinski definition) is 1. The first kappa shape index (κ1) is 8.05. The largest absolute Gasteiger partial charge is 0.353 e. The van der Waals surface area contributed by atoms with Crippen LogP contribution in [0.5, 0.6) is 0 Å². The lowest BCUT2D eigenvalue weighted by Crippen LogP contribution is -2.33. The maximum Gasteiger partial charge on any atom is 0.225 e. The topological polar surface area (TPSA) is 12.0 Å². The Morgan fingerprint density at radius 1 is 1.08 bits per heavy atom. The highest BCUT2D eigenvalue weighted by molar-refractivity contribution is 5.30. The highest BCUT2D eigenvalue weighted by Crippen LogP contribution is 2.25. The van der Waals surface area contributed by atoms with Gasteiger partial charge in [0.15, 0.2) is 0 Å². The molecular formula is C11H10FN. The number of benzene rings is 1. The maximum atomic E-state index is 14.1. The molecule has 0 amide bonds. The van der Waals surface area contributed by atoms with E-state index in [-0.39, 0.29) is 0 Å². The monoisotopic (exact) mass is 175 g/mol. The number of nitrogens with one attached hydrogen (secondary N) is 1. The Labute approximate surface area is 76.6 Å². The van der Waals surface area contributed by atoms with Crippen molar-refractivity contribution in [1.82, 2.24) is 5.32 Å². The Hall–Kier alpha value is -1.57. The van der Waals surface area contributed by atoms with Crippen LogP contribution in [0.15, 0.2) is 54.8 Å². The zero-order valence-corrected chi connectivity index (χ0v) is 7.07. The predicted octanol–water partition coefficient (Wildman–Crippen LogP) is 2.48. The van der Waals surface area contributed by atoms with E-state index in [1.54, 1.807) is 30.5 Å². The standard InChI is InChI=1S/C11H10FN/c12-11(8-4-5-9-13-11)10-6-2-1-3-7-10/h1-9,13H. The second kappa shape index (κ2) is 3.05. The number of allylic oxidation sites excluding steroid dienone is 2. The molecule has 66 valence electrons. The first-order valence-electron chi connectivity index (χ1n) is 4.18. The zero-order chi connectivity index (χ0) is 9.15. The van der Waals surface area contributed by atoms with Crippen molar-refractivity contribution < 1.29 is 4.39 Å². The van der Waals surface area contributed by atoms with Crippen LogP contribution in [0.25, 0.3) is 0 Å². The molecule has 1 aliphatic heterocycles. The van der Waals surface area contributed by atoms with Gasteiger partial charge < -0.3 is 5.32 Å². The van der Waals surface area contributed by atoms with Gasteiger partial charge in [0.25, 0.3) is 0 Å². The van der Waals surface area contributed by atoms with Crippen molar-refractivity contribution in [2.75, 3.05) is 0 Å². The van der Waals surface area contributed by atoms with Gasteiger partial charge in [-0.3, -0.25) is 0 Å². The highest BCUT2D eigenvalue weighted by atomic mass is 19.1. The fourth-order valence-corrected chi connectivity index (χ4v) is 1.32. The van der Waals surface area contributed by atoms with E-state index in [4.69, 9.17) is 0 Å². The molecule has 0 saturated carbocycles. The first-order valence-corrected chi connectivity index (χ1v) is 4.18. The van der Waals surface area contributed by atoms with Gasteiger partial charge in [0.1, 0.15) is 0 Å². The smallest absolute Gasteiger partial charge is 0.225 e. The molecule has 2 heteroatoms. The number of halogens is 1. The quantitative estimate of drug-likeness (QED) is 0.646. The molecule has 0 aliphatic carbocycles. The van der Waals surface area contributed by atoms with Crippen LogP contribution in [0.4, 0.5) is 4.39 Å². The minimum Gasteiger partial charge on any atom is -0.353 e. The normalized spacial score (nSPS) is 25.6. The summed E-state index contributed by atoms with van der Waals surface area (Å²) in [6.45, 7) is 0. The molecule has 1 nitrogen and oxygen atoms in total. The molecule has 0 bridgehead atoms. The first-order chi connectivity index (χ1) is 6.31. The van der Waals surface area contributed by atoms with E-state index >= 15 is 0 Å². The van der Waals surface area contributed by atoms with Crippen LogP contribution < -0.4 is 5.32 Å². The Bertz CT molecular complexity index is 342. The van der Waals surface area contributed by atoms with Crippen LogP contribution in [0.1, 0.15) is 5.56 Å². The van der Waals surface area contributed by atoms with Gasteiger partial charge in [0.2, 0.25) is 5.79 Å². The number of dihydropyridines is 1. The van der Waals surface area contributed by atoms with Crippen LogP contribution in [-0.4, -0.2) is 0 Å². The van der Waals surface area contributed by atoms with Gasteiger partial charge in [0, 0.05) is 5.56 Å². The Balaban J connectivity index is 2.35. The third kappa shape index (κ3) is 1.47. The zero-order valence-electron chi connectivity index (χ0n) is 7.07. The van der Waals surface area contributed by atoms with E-state index in [9.17, 15) is 4.39 Å². The summed E-state index contributed by atoms with van der Waals surface area (Å²) >= 11 is 0. The van der Waals surface area contributed by atoms with E-state index in [0.717, 1.165) is 0 Å². The predicted molar refractivity (Wildman–Crippen MR) is 50.6 cm³/mol. The van der Waals surface area contributed by atoms with E-state index in [1.165, 1.54) is 6.08 Å². The summed E-state index contributed by atoms with van der Waals surface area (Å²) in [7, 11) is 0. The average molecular weight is 175 g/mol. The summed E-state index contributed by atoms with van der Waals surface area (Å²) < 4.78 is 14.1. The molecule has 1 aromatic rings. The Morgan fingerprint density at radius 2 is 1.85 bits per heavy atom. The summed E-state index contributed by atoms with van der Waals surface area (Å²) in [5.74, 6) is -1.55. The van der Waals surface area contributed by atoms with Gasteiger partial charge in [-0.15, -0.1) is 0 Å². The number of hydrogen-bond donors (Lipinski definition) is 1. The molecule has 1 aliphatic rings. The fraction of sp³-hybridized carbons (Fsp3) is 0.0909. The number of alkyl halides is 1. The molecule has 0 radical (unpaired) electrons. The van der Waals surface area contributed by atoms with Crippen LogP contribution in [0.3, 0.4) is 0 Å². The lowest BCUT2D eigenvalue weighted by molar-refractivity contribution is 0.200. The minimum atomic E-state index is -1.55. The molecule has 0 saturated heterocycles. The summed E-state index contributed by atoms with van der Waals surface area (Å²) in [4.78, 5) is 0. The van der Waals surface area contributed by atoms with Crippen molar-refractivity contribution in [2.24, 2.45) is 0 Å². The number of rotatable bonds is 1. The lowest BCUT2D eigenvalue weighted by atomic mass is 10.0. The van der Waals surface area contributed by atoms with Crippen molar-refractivity contribution in [1.29, 1.82) is 0 Å². The van der Waals surface area contributed by atoms with Gasteiger partial charge in [-0.1, -0.05) is 36.4 Å². The third-order valence-corrected chi connectivity index (χ3v) is 2.02. The maximum absolute atomic E-state index is 14.1. The summed E-state index contributed by atoms with van der Waals surface area (Å²) in [6.07, 6.45) is 6.57. The summed E-state index contributed by atoms with van der Waals surface area (Å²) in [5, 5.41) is 2.68. The third-order valence-electron chi connectivity index (χ3n) is 2.02. The molecule has 1 unspecified atom stereocenters. The van der Waals surface area contributed by atoms with Crippen LogP contribution in [0.2, 0.25) is 0 Å². The summed E-state index contributed by atoms with van der Waals surface area (Å²) in [6, 6.07) is 9.04. The van der Waals surface area contributed by atoms with Gasteiger partial charge in [0.05, 0.1) is 0 Å². The van der Waals surface area contributed by atoms with Gasteiger partial charge >= 0.3 is 0 Å².